The number of thiophene rings is 1. The van der Waals surface area contributed by atoms with Crippen LogP contribution in [-0.4, -0.2) is 44.7 Å². The number of rotatable bonds is 8. The number of hydrogen-bond donors (Lipinski definition) is 2. The second kappa shape index (κ2) is 11.0. The first kappa shape index (κ1) is 23.6. The van der Waals surface area contributed by atoms with Gasteiger partial charge in [0.15, 0.2) is 18.1 Å². The summed E-state index contributed by atoms with van der Waals surface area (Å²) in [6.45, 7) is 1.71. The molecule has 2 N–H and O–H groups in total. The van der Waals surface area contributed by atoms with Gasteiger partial charge in [-0.3, -0.25) is 9.59 Å². The van der Waals surface area contributed by atoms with E-state index < -0.39 is 12.6 Å². The highest BCUT2D eigenvalue weighted by atomic mass is 32.1. The van der Waals surface area contributed by atoms with Crippen LogP contribution in [0.1, 0.15) is 52.6 Å². The number of carbonyl (C=O) groups is 3. The van der Waals surface area contributed by atoms with Gasteiger partial charge in [0, 0.05) is 18.2 Å². The number of esters is 1. The number of nitrogens with one attached hydrogen (secondary N) is 2. The van der Waals surface area contributed by atoms with Gasteiger partial charge in [0.2, 0.25) is 0 Å². The minimum absolute atomic E-state index is 0.0615. The maximum Gasteiger partial charge on any atom is 0.340 e. The summed E-state index contributed by atoms with van der Waals surface area (Å²) >= 11 is 1.28. The summed E-state index contributed by atoms with van der Waals surface area (Å²) in [6.07, 6.45) is 4.24. The average Bonchev–Trinajstić information content (AvgIpc) is 3.34. The second-order valence-electron chi connectivity index (χ2n) is 7.70. The van der Waals surface area contributed by atoms with Gasteiger partial charge in [0.05, 0.1) is 30.3 Å². The van der Waals surface area contributed by atoms with Crippen molar-refractivity contribution in [2.75, 3.05) is 26.1 Å². The van der Waals surface area contributed by atoms with Crippen LogP contribution in [0.2, 0.25) is 0 Å². The Morgan fingerprint density at radius 2 is 1.81 bits per heavy atom. The van der Waals surface area contributed by atoms with E-state index in [1.165, 1.54) is 44.1 Å². The Kier molecular flexibility index (Phi) is 8.10. The van der Waals surface area contributed by atoms with Crippen molar-refractivity contribution in [3.05, 3.63) is 40.1 Å². The molecular formula is C23H28N2O6S. The van der Waals surface area contributed by atoms with Gasteiger partial charge in [-0.25, -0.2) is 4.79 Å². The van der Waals surface area contributed by atoms with Gasteiger partial charge in [-0.15, -0.1) is 11.3 Å². The molecule has 0 radical (unpaired) electrons. The Morgan fingerprint density at radius 1 is 1.09 bits per heavy atom. The molecule has 172 valence electrons. The van der Waals surface area contributed by atoms with E-state index in [0.717, 1.165) is 19.3 Å². The lowest BCUT2D eigenvalue weighted by molar-refractivity contribution is -0.125. The number of benzene rings is 1. The molecule has 32 heavy (non-hydrogen) atoms. The molecule has 2 atom stereocenters. The lowest BCUT2D eigenvalue weighted by Crippen LogP contribution is -2.42. The lowest BCUT2D eigenvalue weighted by atomic mass is 9.86. The number of methoxy groups -OCH3 is 2. The summed E-state index contributed by atoms with van der Waals surface area (Å²) in [4.78, 5) is 38.2. The molecule has 2 aromatic rings. The predicted octanol–water partition coefficient (Wildman–Crippen LogP) is 3.87. The second-order valence-corrected chi connectivity index (χ2v) is 8.64. The van der Waals surface area contributed by atoms with E-state index in [4.69, 9.17) is 14.2 Å². The SMILES string of the molecule is COc1cc(NC(=O)c2cccs2)c(C(=O)OCC(=O)NC2CCCCC2C)cc1OC. The van der Waals surface area contributed by atoms with Crippen LogP contribution < -0.4 is 20.1 Å². The van der Waals surface area contributed by atoms with Gasteiger partial charge in [0.1, 0.15) is 0 Å². The van der Waals surface area contributed by atoms with Crippen molar-refractivity contribution in [3.8, 4) is 11.5 Å². The van der Waals surface area contributed by atoms with Crippen LogP contribution in [0.5, 0.6) is 11.5 Å². The van der Waals surface area contributed by atoms with Gasteiger partial charge in [-0.05, 0) is 30.2 Å². The van der Waals surface area contributed by atoms with Crippen LogP contribution in [0.25, 0.3) is 0 Å². The molecule has 1 heterocycles. The highest BCUT2D eigenvalue weighted by molar-refractivity contribution is 7.12. The van der Waals surface area contributed by atoms with E-state index in [0.29, 0.717) is 22.3 Å². The first-order valence-corrected chi connectivity index (χ1v) is 11.4. The molecule has 9 heteroatoms. The molecule has 2 amide bonds. The molecule has 3 rings (SSSR count). The Hall–Kier alpha value is -3.07. The van der Waals surface area contributed by atoms with Crippen LogP contribution in [0, 0.1) is 5.92 Å². The molecule has 2 unspecified atom stereocenters. The summed E-state index contributed by atoms with van der Waals surface area (Å²) in [5.74, 6) is -0.428. The summed E-state index contributed by atoms with van der Waals surface area (Å²) in [5, 5.41) is 7.45. The number of carbonyl (C=O) groups excluding carboxylic acids is 3. The fourth-order valence-electron chi connectivity index (χ4n) is 3.73. The Balaban J connectivity index is 1.73. The van der Waals surface area contributed by atoms with Gasteiger partial charge in [-0.2, -0.15) is 0 Å². The predicted molar refractivity (Wildman–Crippen MR) is 122 cm³/mol. The van der Waals surface area contributed by atoms with E-state index in [1.807, 2.05) is 0 Å². The highest BCUT2D eigenvalue weighted by Crippen LogP contribution is 2.34. The summed E-state index contributed by atoms with van der Waals surface area (Å²) in [5.41, 5.74) is 0.263. The monoisotopic (exact) mass is 460 g/mol. The molecule has 0 spiro atoms. The molecule has 0 saturated heterocycles. The topological polar surface area (TPSA) is 103 Å². The number of anilines is 1. The van der Waals surface area contributed by atoms with Crippen LogP contribution in [-0.2, 0) is 9.53 Å². The van der Waals surface area contributed by atoms with E-state index in [9.17, 15) is 14.4 Å². The fourth-order valence-corrected chi connectivity index (χ4v) is 4.35. The minimum Gasteiger partial charge on any atom is -0.493 e. The molecule has 1 aliphatic carbocycles. The van der Waals surface area contributed by atoms with E-state index in [1.54, 1.807) is 17.5 Å². The summed E-state index contributed by atoms with van der Waals surface area (Å²) in [7, 11) is 2.90. The molecule has 8 nitrogen and oxygen atoms in total. The maximum absolute atomic E-state index is 12.8. The van der Waals surface area contributed by atoms with Gasteiger partial charge in [0.25, 0.3) is 11.8 Å². The van der Waals surface area contributed by atoms with E-state index >= 15 is 0 Å². The quantitative estimate of drug-likeness (QED) is 0.580. The Labute approximate surface area is 191 Å². The van der Waals surface area contributed by atoms with Crippen molar-refractivity contribution in [2.24, 2.45) is 5.92 Å². The van der Waals surface area contributed by atoms with Crippen LogP contribution >= 0.6 is 11.3 Å². The van der Waals surface area contributed by atoms with Crippen molar-refractivity contribution in [1.29, 1.82) is 0 Å². The zero-order valence-electron chi connectivity index (χ0n) is 18.4. The largest absolute Gasteiger partial charge is 0.493 e. The standard InChI is InChI=1S/C23H28N2O6S/c1-14-7-4-5-8-16(14)24-21(26)13-31-23(28)15-11-18(29-2)19(30-3)12-17(15)25-22(27)20-9-6-10-32-20/h6,9-12,14,16H,4-5,7-8,13H2,1-3H3,(H,24,26)(H,25,27). The van der Waals surface area contributed by atoms with Crippen molar-refractivity contribution in [3.63, 3.8) is 0 Å². The minimum atomic E-state index is -0.751. The third-order valence-corrected chi connectivity index (χ3v) is 6.40. The molecule has 1 aromatic carbocycles. The Morgan fingerprint density at radius 3 is 2.47 bits per heavy atom. The van der Waals surface area contributed by atoms with Crippen molar-refractivity contribution in [1.82, 2.24) is 5.32 Å². The molecule has 0 aliphatic heterocycles. The molecule has 1 saturated carbocycles. The fraction of sp³-hybridized carbons (Fsp3) is 0.435. The van der Waals surface area contributed by atoms with E-state index in [-0.39, 0.29) is 29.1 Å². The lowest BCUT2D eigenvalue weighted by Gasteiger charge is -2.29. The summed E-state index contributed by atoms with van der Waals surface area (Å²) in [6, 6.07) is 6.44. The van der Waals surface area contributed by atoms with Gasteiger partial charge in [-0.1, -0.05) is 25.8 Å². The van der Waals surface area contributed by atoms with Crippen molar-refractivity contribution >= 4 is 34.8 Å². The number of amides is 2. The molecule has 0 bridgehead atoms. The van der Waals surface area contributed by atoms with Crippen molar-refractivity contribution < 1.29 is 28.6 Å². The first-order chi connectivity index (χ1) is 15.4. The van der Waals surface area contributed by atoms with Gasteiger partial charge < -0.3 is 24.8 Å². The Bertz CT molecular complexity index is 960. The molecule has 1 aliphatic rings. The average molecular weight is 461 g/mol. The zero-order chi connectivity index (χ0) is 23.1. The van der Waals surface area contributed by atoms with Gasteiger partial charge >= 0.3 is 5.97 Å². The normalized spacial score (nSPS) is 17.8. The first-order valence-electron chi connectivity index (χ1n) is 10.5. The highest BCUT2D eigenvalue weighted by Gasteiger charge is 2.24. The molecule has 1 aromatic heterocycles. The molecule has 1 fully saturated rings. The maximum atomic E-state index is 12.8. The molecular weight excluding hydrogens is 432 g/mol. The van der Waals surface area contributed by atoms with Crippen LogP contribution in [0.3, 0.4) is 0 Å². The summed E-state index contributed by atoms with van der Waals surface area (Å²) < 4.78 is 15.8. The smallest absolute Gasteiger partial charge is 0.340 e. The third kappa shape index (κ3) is 5.79. The number of hydrogen-bond acceptors (Lipinski definition) is 7. The zero-order valence-corrected chi connectivity index (χ0v) is 19.3. The van der Waals surface area contributed by atoms with Crippen LogP contribution in [0.15, 0.2) is 29.6 Å². The van der Waals surface area contributed by atoms with Crippen molar-refractivity contribution in [2.45, 2.75) is 38.6 Å². The number of ether oxygens (including phenoxy) is 3. The van der Waals surface area contributed by atoms with E-state index in [2.05, 4.69) is 17.6 Å². The van der Waals surface area contributed by atoms with Crippen LogP contribution in [0.4, 0.5) is 5.69 Å². The third-order valence-electron chi connectivity index (χ3n) is 5.53.